The second kappa shape index (κ2) is 9.07. The lowest BCUT2D eigenvalue weighted by atomic mass is 9.44. The van der Waals surface area contributed by atoms with Gasteiger partial charge >= 0.3 is 12.1 Å². The quantitative estimate of drug-likeness (QED) is 0.420. The molecule has 7 heteroatoms. The van der Waals surface area contributed by atoms with Crippen LogP contribution in [-0.2, 0) is 26.9 Å². The minimum Gasteiger partial charge on any atom is -0.457 e. The second-order valence-corrected chi connectivity index (χ2v) is 13.6. The van der Waals surface area contributed by atoms with E-state index in [9.17, 15) is 22.8 Å². The predicted molar refractivity (Wildman–Crippen MR) is 137 cm³/mol. The number of Topliss-reactive ketones (excluding diaryl/α,β-unsaturated/α-hetero) is 1. The number of ketones is 1. The van der Waals surface area contributed by atoms with Gasteiger partial charge in [0.15, 0.2) is 0 Å². The molecule has 0 amide bonds. The van der Waals surface area contributed by atoms with Crippen LogP contribution in [0.4, 0.5) is 13.2 Å². The van der Waals surface area contributed by atoms with Crippen LogP contribution in [0.3, 0.4) is 0 Å². The van der Waals surface area contributed by atoms with Gasteiger partial charge in [-0.2, -0.15) is 13.2 Å². The smallest absolute Gasteiger partial charge is 0.416 e. The van der Waals surface area contributed by atoms with E-state index in [0.717, 1.165) is 69.1 Å². The fourth-order valence-corrected chi connectivity index (χ4v) is 9.57. The largest absolute Gasteiger partial charge is 0.457 e. The highest BCUT2D eigenvalue weighted by Crippen LogP contribution is 2.66. The van der Waals surface area contributed by atoms with E-state index in [1.807, 2.05) is 0 Å². The summed E-state index contributed by atoms with van der Waals surface area (Å²) in [6.45, 7) is 6.28. The Morgan fingerprint density at radius 1 is 0.974 bits per heavy atom. The van der Waals surface area contributed by atoms with Gasteiger partial charge in [-0.3, -0.25) is 14.5 Å². The molecule has 1 heterocycles. The molecule has 208 valence electrons. The lowest BCUT2D eigenvalue weighted by molar-refractivity contribution is -0.199. The minimum atomic E-state index is -4.33. The minimum absolute atomic E-state index is 0.104. The summed E-state index contributed by atoms with van der Waals surface area (Å²) in [5, 5.41) is 0. The number of esters is 1. The van der Waals surface area contributed by atoms with E-state index in [1.165, 1.54) is 6.42 Å². The molecule has 6 rings (SSSR count). The van der Waals surface area contributed by atoms with Crippen LogP contribution in [0.15, 0.2) is 24.3 Å². The highest BCUT2D eigenvalue weighted by molar-refractivity contribution is 5.87. The zero-order valence-corrected chi connectivity index (χ0v) is 22.6. The Morgan fingerprint density at radius 3 is 2.47 bits per heavy atom. The number of halogens is 3. The number of hydrogen-bond donors (Lipinski definition) is 0. The summed E-state index contributed by atoms with van der Waals surface area (Å²) in [6.07, 6.45) is 5.40. The van der Waals surface area contributed by atoms with Crippen molar-refractivity contribution in [1.29, 1.82) is 0 Å². The van der Waals surface area contributed by atoms with Crippen molar-refractivity contribution < 1.29 is 27.5 Å². The average molecular weight is 532 g/mol. The maximum atomic E-state index is 12.9. The van der Waals surface area contributed by atoms with Crippen LogP contribution in [0.1, 0.15) is 82.8 Å². The number of alkyl halides is 3. The van der Waals surface area contributed by atoms with Gasteiger partial charge in [0.1, 0.15) is 11.4 Å². The highest BCUT2D eigenvalue weighted by atomic mass is 19.4. The van der Waals surface area contributed by atoms with E-state index in [1.54, 1.807) is 12.1 Å². The Labute approximate surface area is 223 Å². The zero-order chi connectivity index (χ0) is 26.9. The van der Waals surface area contributed by atoms with E-state index in [-0.39, 0.29) is 23.3 Å². The molecule has 4 saturated carbocycles. The fraction of sp³-hybridized carbons (Fsp3) is 0.742. The van der Waals surface area contributed by atoms with E-state index in [2.05, 4.69) is 18.7 Å². The molecule has 4 aliphatic carbocycles. The summed E-state index contributed by atoms with van der Waals surface area (Å²) in [4.78, 5) is 27.6. The topological polar surface area (TPSA) is 46.6 Å². The second-order valence-electron chi connectivity index (χ2n) is 13.6. The van der Waals surface area contributed by atoms with Crippen molar-refractivity contribution >= 4 is 11.8 Å². The lowest BCUT2D eigenvalue weighted by Crippen LogP contribution is -2.61. The molecule has 1 spiro atoms. The van der Waals surface area contributed by atoms with Crippen LogP contribution in [0.5, 0.6) is 0 Å². The fourth-order valence-electron chi connectivity index (χ4n) is 9.57. The van der Waals surface area contributed by atoms with Crippen molar-refractivity contribution in [2.45, 2.75) is 89.8 Å². The van der Waals surface area contributed by atoms with Crippen molar-refractivity contribution in [2.75, 3.05) is 19.6 Å². The molecule has 1 aliphatic heterocycles. The summed E-state index contributed by atoms with van der Waals surface area (Å²) < 4.78 is 44.8. The zero-order valence-electron chi connectivity index (χ0n) is 22.6. The van der Waals surface area contributed by atoms with Gasteiger partial charge in [0.2, 0.25) is 0 Å². The number of carbonyl (C=O) groups is 2. The van der Waals surface area contributed by atoms with Crippen molar-refractivity contribution in [3.63, 3.8) is 0 Å². The molecule has 7 atom stereocenters. The first-order valence-corrected chi connectivity index (χ1v) is 14.6. The SMILES string of the molecule is C[C@]12CC[C@@]3(C[C@@H]1CC[C@@H]1[C@@H]2CC[C@]2(C)C(=O)CC[C@@H]12)CN(CCc1ccc(C(F)(F)F)cc1)CC(=O)O3. The van der Waals surface area contributed by atoms with Crippen LogP contribution in [0.2, 0.25) is 0 Å². The van der Waals surface area contributed by atoms with E-state index in [4.69, 9.17) is 4.74 Å². The van der Waals surface area contributed by atoms with E-state index >= 15 is 0 Å². The van der Waals surface area contributed by atoms with Crippen molar-refractivity contribution in [1.82, 2.24) is 4.90 Å². The van der Waals surface area contributed by atoms with Crippen LogP contribution in [0, 0.1) is 34.5 Å². The molecule has 0 N–H and O–H groups in total. The normalized spacial score (nSPS) is 41.4. The Morgan fingerprint density at radius 2 is 1.74 bits per heavy atom. The van der Waals surface area contributed by atoms with Gasteiger partial charge in [-0.25, -0.2) is 0 Å². The van der Waals surface area contributed by atoms with Crippen molar-refractivity contribution in [3.8, 4) is 0 Å². The number of hydrogen-bond acceptors (Lipinski definition) is 4. The maximum absolute atomic E-state index is 12.9. The highest BCUT2D eigenvalue weighted by Gasteiger charge is 2.62. The van der Waals surface area contributed by atoms with Gasteiger partial charge in [-0.1, -0.05) is 26.0 Å². The molecule has 5 fully saturated rings. The molecule has 0 unspecified atom stereocenters. The lowest BCUT2D eigenvalue weighted by Gasteiger charge is -2.62. The summed E-state index contributed by atoms with van der Waals surface area (Å²) in [6, 6.07) is 5.35. The first-order chi connectivity index (χ1) is 17.9. The Hall–Kier alpha value is -1.89. The standard InChI is InChI=1S/C31H40F3NO3/c1-28-14-15-30(17-22(28)7-8-23-24-9-10-26(36)29(24,2)13-11-25(23)28)19-35(18-27(37)38-30)16-12-20-3-5-21(6-4-20)31(32,33)34/h3-6,22-25H,7-19H2,1-2H3/t22-,23-,24-,25-,28-,29-,30+/m0/s1. The Balaban J connectivity index is 1.12. The van der Waals surface area contributed by atoms with Crippen LogP contribution >= 0.6 is 0 Å². The molecular formula is C31H40F3NO3. The monoisotopic (exact) mass is 531 g/mol. The van der Waals surface area contributed by atoms with Gasteiger partial charge in [0.05, 0.1) is 12.1 Å². The van der Waals surface area contributed by atoms with Gasteiger partial charge in [-0.05, 0) is 105 Å². The molecule has 0 aromatic heterocycles. The summed E-state index contributed by atoms with van der Waals surface area (Å²) in [5.41, 5.74) is -0.124. The number of rotatable bonds is 3. The van der Waals surface area contributed by atoms with Crippen molar-refractivity contribution in [3.05, 3.63) is 35.4 Å². The number of carbonyl (C=O) groups excluding carboxylic acids is 2. The first kappa shape index (κ1) is 26.3. The maximum Gasteiger partial charge on any atom is 0.416 e. The van der Waals surface area contributed by atoms with Gasteiger partial charge in [0.25, 0.3) is 0 Å². The number of morpholine rings is 1. The van der Waals surface area contributed by atoms with Crippen LogP contribution < -0.4 is 0 Å². The van der Waals surface area contributed by atoms with Gasteiger partial charge < -0.3 is 4.74 Å². The molecule has 5 aliphatic rings. The first-order valence-electron chi connectivity index (χ1n) is 14.6. The predicted octanol–water partition coefficient (Wildman–Crippen LogP) is 6.46. The van der Waals surface area contributed by atoms with Gasteiger partial charge in [-0.15, -0.1) is 0 Å². The molecule has 0 bridgehead atoms. The molecule has 0 radical (unpaired) electrons. The molecule has 1 aromatic rings. The third-order valence-corrected chi connectivity index (χ3v) is 11.7. The summed E-state index contributed by atoms with van der Waals surface area (Å²) >= 11 is 0. The number of benzene rings is 1. The van der Waals surface area contributed by atoms with E-state index < -0.39 is 17.3 Å². The van der Waals surface area contributed by atoms with Crippen LogP contribution in [0.25, 0.3) is 0 Å². The molecule has 1 aromatic carbocycles. The molecule has 4 nitrogen and oxygen atoms in total. The molecule has 1 saturated heterocycles. The Bertz CT molecular complexity index is 1100. The molecular weight excluding hydrogens is 491 g/mol. The summed E-state index contributed by atoms with van der Waals surface area (Å²) in [7, 11) is 0. The van der Waals surface area contributed by atoms with Gasteiger partial charge in [0, 0.05) is 24.9 Å². The number of fused-ring (bicyclic) bond motifs is 5. The Kier molecular flexibility index (Phi) is 6.29. The molecule has 38 heavy (non-hydrogen) atoms. The average Bonchev–Trinajstić information content (AvgIpc) is 3.17. The number of nitrogens with zero attached hydrogens (tertiary/aromatic N) is 1. The van der Waals surface area contributed by atoms with Crippen molar-refractivity contribution in [2.24, 2.45) is 34.5 Å². The number of ether oxygens (including phenoxy) is 1. The third kappa shape index (κ3) is 4.31. The van der Waals surface area contributed by atoms with Crippen LogP contribution in [-0.4, -0.2) is 41.9 Å². The summed E-state index contributed by atoms with van der Waals surface area (Å²) in [5.74, 6) is 2.65. The van der Waals surface area contributed by atoms with E-state index in [0.29, 0.717) is 49.0 Å². The third-order valence-electron chi connectivity index (χ3n) is 11.7.